The molecule has 0 radical (unpaired) electrons. The lowest BCUT2D eigenvalue weighted by Gasteiger charge is -2.34. The standard InChI is InChI=1S/C21H27NO4/c1-14-5-2-3-10-22(14)12-15(23)13-25-16-8-9-18-17-6-4-7-19(17)21(24)26-20(18)11-16/h8-9,11,14-15,23H,2-7,10,12-13H2,1H3/t14-,15+/m1/s1. The van der Waals surface area contributed by atoms with Crippen LogP contribution < -0.4 is 10.4 Å². The molecular weight excluding hydrogens is 330 g/mol. The molecule has 0 saturated carbocycles. The Morgan fingerprint density at radius 3 is 2.96 bits per heavy atom. The minimum Gasteiger partial charge on any atom is -0.491 e. The molecule has 2 aromatic rings. The number of hydrogen-bond acceptors (Lipinski definition) is 5. The van der Waals surface area contributed by atoms with Crippen molar-refractivity contribution in [2.75, 3.05) is 19.7 Å². The van der Waals surface area contributed by atoms with Crippen LogP contribution in [0.1, 0.15) is 43.7 Å². The number of hydrogen-bond donors (Lipinski definition) is 1. The number of aryl methyl sites for hydroxylation is 1. The lowest BCUT2D eigenvalue weighted by atomic mass is 10.0. The molecule has 1 aliphatic carbocycles. The summed E-state index contributed by atoms with van der Waals surface area (Å²) in [4.78, 5) is 14.4. The first-order chi connectivity index (χ1) is 12.6. The van der Waals surface area contributed by atoms with E-state index >= 15 is 0 Å². The van der Waals surface area contributed by atoms with E-state index < -0.39 is 6.10 Å². The number of likely N-dealkylation sites (tertiary alicyclic amines) is 1. The fourth-order valence-electron chi connectivity index (χ4n) is 4.30. The summed E-state index contributed by atoms with van der Waals surface area (Å²) in [6.07, 6.45) is 5.90. The molecule has 5 nitrogen and oxygen atoms in total. The number of ether oxygens (including phenoxy) is 1. The fraction of sp³-hybridized carbons (Fsp3) is 0.571. The Kier molecular flexibility index (Phi) is 5.00. The van der Waals surface area contributed by atoms with Gasteiger partial charge in [-0.25, -0.2) is 4.79 Å². The molecule has 0 bridgehead atoms. The monoisotopic (exact) mass is 357 g/mol. The molecule has 2 heterocycles. The smallest absolute Gasteiger partial charge is 0.339 e. The third-order valence-corrected chi connectivity index (χ3v) is 5.77. The quantitative estimate of drug-likeness (QED) is 0.834. The van der Waals surface area contributed by atoms with Crippen LogP contribution in [0.5, 0.6) is 5.75 Å². The van der Waals surface area contributed by atoms with E-state index in [1.807, 2.05) is 12.1 Å². The van der Waals surface area contributed by atoms with Gasteiger partial charge in [0.15, 0.2) is 0 Å². The highest BCUT2D eigenvalue weighted by atomic mass is 16.5. The minimum atomic E-state index is -0.529. The van der Waals surface area contributed by atoms with Crippen molar-refractivity contribution in [2.24, 2.45) is 0 Å². The van der Waals surface area contributed by atoms with E-state index in [0.29, 0.717) is 23.9 Å². The van der Waals surface area contributed by atoms with Crippen molar-refractivity contribution in [3.05, 3.63) is 39.7 Å². The highest BCUT2D eigenvalue weighted by molar-refractivity contribution is 5.83. The molecule has 5 heteroatoms. The van der Waals surface area contributed by atoms with Crippen LogP contribution >= 0.6 is 0 Å². The SMILES string of the molecule is C[C@@H]1CCCCN1C[C@H](O)COc1ccc2c3c(c(=O)oc2c1)CCC3. The average molecular weight is 357 g/mol. The van der Waals surface area contributed by atoms with Crippen molar-refractivity contribution in [3.63, 3.8) is 0 Å². The molecule has 140 valence electrons. The highest BCUT2D eigenvalue weighted by Gasteiger charge is 2.22. The second kappa shape index (κ2) is 7.41. The van der Waals surface area contributed by atoms with Gasteiger partial charge in [-0.15, -0.1) is 0 Å². The summed E-state index contributed by atoms with van der Waals surface area (Å²) in [5, 5.41) is 11.3. The van der Waals surface area contributed by atoms with Crippen LogP contribution in [0.3, 0.4) is 0 Å². The van der Waals surface area contributed by atoms with Crippen molar-refractivity contribution in [1.29, 1.82) is 0 Å². The van der Waals surface area contributed by atoms with Crippen LogP contribution in [0, 0.1) is 0 Å². The molecule has 1 aromatic heterocycles. The van der Waals surface area contributed by atoms with Gasteiger partial charge in [0.1, 0.15) is 24.0 Å². The van der Waals surface area contributed by atoms with Crippen molar-refractivity contribution < 1.29 is 14.3 Å². The topological polar surface area (TPSA) is 62.9 Å². The summed E-state index contributed by atoms with van der Waals surface area (Å²) in [6.45, 7) is 4.14. The maximum Gasteiger partial charge on any atom is 0.339 e. The second-order valence-electron chi connectivity index (χ2n) is 7.66. The Labute approximate surface area is 153 Å². The van der Waals surface area contributed by atoms with Gasteiger partial charge in [-0.05, 0) is 63.3 Å². The van der Waals surface area contributed by atoms with Gasteiger partial charge >= 0.3 is 5.63 Å². The van der Waals surface area contributed by atoms with E-state index in [0.717, 1.165) is 42.3 Å². The summed E-state index contributed by atoms with van der Waals surface area (Å²) in [5.41, 5.74) is 2.31. The van der Waals surface area contributed by atoms with Gasteiger partial charge in [-0.3, -0.25) is 4.90 Å². The van der Waals surface area contributed by atoms with Gasteiger partial charge in [0, 0.05) is 29.6 Å². The number of rotatable bonds is 5. The first-order valence-electron chi connectivity index (χ1n) is 9.75. The van der Waals surface area contributed by atoms with Crippen LogP contribution in [0.25, 0.3) is 11.0 Å². The number of nitrogens with zero attached hydrogens (tertiary/aromatic N) is 1. The van der Waals surface area contributed by atoms with E-state index in [1.54, 1.807) is 6.07 Å². The summed E-state index contributed by atoms with van der Waals surface area (Å²) in [5.74, 6) is 0.629. The molecule has 1 fully saturated rings. The van der Waals surface area contributed by atoms with Crippen molar-refractivity contribution in [2.45, 2.75) is 57.6 Å². The molecule has 26 heavy (non-hydrogen) atoms. The molecule has 0 unspecified atom stereocenters. The summed E-state index contributed by atoms with van der Waals surface area (Å²) in [7, 11) is 0. The molecular formula is C21H27NO4. The van der Waals surface area contributed by atoms with Crippen LogP contribution in [0.2, 0.25) is 0 Å². The second-order valence-corrected chi connectivity index (χ2v) is 7.66. The average Bonchev–Trinajstić information content (AvgIpc) is 3.12. The van der Waals surface area contributed by atoms with Gasteiger partial charge in [0.05, 0.1) is 0 Å². The lowest BCUT2D eigenvalue weighted by Crippen LogP contribution is -2.43. The third kappa shape index (κ3) is 3.51. The lowest BCUT2D eigenvalue weighted by molar-refractivity contribution is 0.0438. The highest BCUT2D eigenvalue weighted by Crippen LogP contribution is 2.29. The van der Waals surface area contributed by atoms with Crippen molar-refractivity contribution in [3.8, 4) is 5.75 Å². The molecule has 4 rings (SSSR count). The number of piperidine rings is 1. The molecule has 2 aliphatic rings. The number of aliphatic hydroxyl groups is 1. The van der Waals surface area contributed by atoms with E-state index in [1.165, 1.54) is 19.3 Å². The van der Waals surface area contributed by atoms with E-state index in [2.05, 4.69) is 11.8 Å². The Morgan fingerprint density at radius 2 is 2.12 bits per heavy atom. The molecule has 0 amide bonds. The predicted octanol–water partition coefficient (Wildman–Crippen LogP) is 2.90. The largest absolute Gasteiger partial charge is 0.491 e. The Hall–Kier alpha value is -1.85. The minimum absolute atomic E-state index is 0.221. The van der Waals surface area contributed by atoms with Crippen LogP contribution in [0.4, 0.5) is 0 Å². The number of β-amino-alcohol motifs (C(OH)–C–C–N with tert-alkyl or cyclic N) is 1. The molecule has 1 saturated heterocycles. The molecule has 2 atom stereocenters. The summed E-state index contributed by atoms with van der Waals surface area (Å²) >= 11 is 0. The Bertz CT molecular complexity index is 844. The van der Waals surface area contributed by atoms with Crippen molar-refractivity contribution >= 4 is 11.0 Å². The molecule has 1 N–H and O–H groups in total. The first-order valence-corrected chi connectivity index (χ1v) is 9.75. The third-order valence-electron chi connectivity index (χ3n) is 5.77. The zero-order chi connectivity index (χ0) is 18.1. The molecule has 1 aliphatic heterocycles. The van der Waals surface area contributed by atoms with E-state index in [9.17, 15) is 9.90 Å². The van der Waals surface area contributed by atoms with Crippen LogP contribution in [-0.2, 0) is 12.8 Å². The molecule has 1 aromatic carbocycles. The summed E-state index contributed by atoms with van der Waals surface area (Å²) in [6, 6.07) is 6.16. The summed E-state index contributed by atoms with van der Waals surface area (Å²) < 4.78 is 11.3. The molecule has 0 spiro atoms. The number of benzene rings is 1. The normalized spacial score (nSPS) is 21.7. The predicted molar refractivity (Wildman–Crippen MR) is 101 cm³/mol. The van der Waals surface area contributed by atoms with Crippen LogP contribution in [-0.4, -0.2) is 41.8 Å². The Morgan fingerprint density at radius 1 is 1.27 bits per heavy atom. The maximum atomic E-state index is 12.1. The van der Waals surface area contributed by atoms with Gasteiger partial charge in [0.2, 0.25) is 0 Å². The Balaban J connectivity index is 1.43. The van der Waals surface area contributed by atoms with Gasteiger partial charge in [-0.2, -0.15) is 0 Å². The van der Waals surface area contributed by atoms with E-state index in [-0.39, 0.29) is 12.2 Å². The van der Waals surface area contributed by atoms with E-state index in [4.69, 9.17) is 9.15 Å². The van der Waals surface area contributed by atoms with Gasteiger partial charge in [0.25, 0.3) is 0 Å². The first kappa shape index (κ1) is 17.6. The van der Waals surface area contributed by atoms with Gasteiger partial charge < -0.3 is 14.3 Å². The fourth-order valence-corrected chi connectivity index (χ4v) is 4.30. The maximum absolute atomic E-state index is 12.1. The van der Waals surface area contributed by atoms with Crippen LogP contribution in [0.15, 0.2) is 27.4 Å². The van der Waals surface area contributed by atoms with Gasteiger partial charge in [-0.1, -0.05) is 6.42 Å². The number of aliphatic hydroxyl groups excluding tert-OH is 1. The number of fused-ring (bicyclic) bond motifs is 3. The zero-order valence-corrected chi connectivity index (χ0v) is 15.4. The van der Waals surface area contributed by atoms with Crippen molar-refractivity contribution in [1.82, 2.24) is 4.90 Å². The zero-order valence-electron chi connectivity index (χ0n) is 15.4.